The number of hydrogen-bond acceptors (Lipinski definition) is 5. The van der Waals surface area contributed by atoms with Crippen LogP contribution in [0.1, 0.15) is 11.3 Å². The van der Waals surface area contributed by atoms with Crippen LogP contribution in [0.5, 0.6) is 0 Å². The van der Waals surface area contributed by atoms with Crippen molar-refractivity contribution in [3.05, 3.63) is 77.6 Å². The molecule has 0 bridgehead atoms. The maximum atomic E-state index is 12.7. The quantitative estimate of drug-likeness (QED) is 0.507. The minimum absolute atomic E-state index is 0.203. The van der Waals surface area contributed by atoms with Crippen molar-refractivity contribution in [3.63, 3.8) is 0 Å². The third-order valence-electron chi connectivity index (χ3n) is 4.39. The summed E-state index contributed by atoms with van der Waals surface area (Å²) in [4.78, 5) is 12.3. The number of rotatable bonds is 4. The molecule has 0 radical (unpaired) electrons. The lowest BCUT2D eigenvalue weighted by Crippen LogP contribution is -2.07. The molecule has 3 aromatic heterocycles. The van der Waals surface area contributed by atoms with E-state index in [0.29, 0.717) is 33.4 Å². The Labute approximate surface area is 174 Å². The Hall–Kier alpha value is -3.46. The Morgan fingerprint density at radius 1 is 0.933 bits per heavy atom. The van der Waals surface area contributed by atoms with E-state index in [1.54, 1.807) is 29.2 Å². The lowest BCUT2D eigenvalue weighted by molar-refractivity contribution is -0.137. The molecule has 0 atom stereocenters. The van der Waals surface area contributed by atoms with E-state index in [4.69, 9.17) is 17.3 Å². The number of anilines is 1. The van der Waals surface area contributed by atoms with Crippen LogP contribution in [0.2, 0.25) is 5.02 Å². The van der Waals surface area contributed by atoms with Gasteiger partial charge in [-0.1, -0.05) is 23.7 Å². The maximum Gasteiger partial charge on any atom is 0.417 e. The molecule has 0 amide bonds. The SMILES string of the molecule is Nc1ncnc(-c2cnn(Cc3ccc(C(F)(F)F)cn3)c2)c1-c1ccc(Cl)cc1. The lowest BCUT2D eigenvalue weighted by Gasteiger charge is -2.09. The van der Waals surface area contributed by atoms with E-state index in [2.05, 4.69) is 20.1 Å². The van der Waals surface area contributed by atoms with Crippen molar-refractivity contribution in [2.75, 3.05) is 5.73 Å². The van der Waals surface area contributed by atoms with Gasteiger partial charge in [-0.25, -0.2) is 9.97 Å². The summed E-state index contributed by atoms with van der Waals surface area (Å²) in [5.74, 6) is 0.305. The van der Waals surface area contributed by atoms with E-state index in [-0.39, 0.29) is 6.54 Å². The highest BCUT2D eigenvalue weighted by molar-refractivity contribution is 6.30. The van der Waals surface area contributed by atoms with Gasteiger partial charge >= 0.3 is 6.18 Å². The minimum Gasteiger partial charge on any atom is -0.383 e. The third-order valence-corrected chi connectivity index (χ3v) is 4.64. The minimum atomic E-state index is -4.42. The second kappa shape index (κ2) is 7.75. The number of benzene rings is 1. The first-order valence-electron chi connectivity index (χ1n) is 8.72. The van der Waals surface area contributed by atoms with Crippen LogP contribution in [0.4, 0.5) is 19.0 Å². The molecule has 4 aromatic rings. The van der Waals surface area contributed by atoms with Gasteiger partial charge in [0.2, 0.25) is 0 Å². The molecule has 0 unspecified atom stereocenters. The largest absolute Gasteiger partial charge is 0.417 e. The molecule has 0 aliphatic carbocycles. The van der Waals surface area contributed by atoms with Gasteiger partial charge in [0.05, 0.1) is 35.3 Å². The van der Waals surface area contributed by atoms with Crippen LogP contribution in [0, 0.1) is 0 Å². The molecule has 3 heterocycles. The monoisotopic (exact) mass is 430 g/mol. The number of nitrogens with zero attached hydrogens (tertiary/aromatic N) is 5. The predicted molar refractivity (Wildman–Crippen MR) is 106 cm³/mol. The molecule has 0 spiro atoms. The second-order valence-electron chi connectivity index (χ2n) is 6.45. The summed E-state index contributed by atoms with van der Waals surface area (Å²) >= 11 is 5.97. The van der Waals surface area contributed by atoms with E-state index in [1.807, 2.05) is 12.1 Å². The average molecular weight is 431 g/mol. The summed E-state index contributed by atoms with van der Waals surface area (Å²) in [5.41, 5.74) is 8.44. The second-order valence-corrected chi connectivity index (χ2v) is 6.89. The van der Waals surface area contributed by atoms with Gasteiger partial charge < -0.3 is 5.73 Å². The van der Waals surface area contributed by atoms with E-state index in [9.17, 15) is 13.2 Å². The highest BCUT2D eigenvalue weighted by Crippen LogP contribution is 2.34. The summed E-state index contributed by atoms with van der Waals surface area (Å²) < 4.78 is 39.6. The molecular weight excluding hydrogens is 417 g/mol. The molecule has 0 fully saturated rings. The Morgan fingerprint density at radius 2 is 1.70 bits per heavy atom. The highest BCUT2D eigenvalue weighted by atomic mass is 35.5. The van der Waals surface area contributed by atoms with Crippen LogP contribution in [0.15, 0.2) is 61.3 Å². The van der Waals surface area contributed by atoms with Crippen LogP contribution in [0.25, 0.3) is 22.4 Å². The highest BCUT2D eigenvalue weighted by Gasteiger charge is 2.30. The molecule has 30 heavy (non-hydrogen) atoms. The topological polar surface area (TPSA) is 82.5 Å². The van der Waals surface area contributed by atoms with Crippen molar-refractivity contribution < 1.29 is 13.2 Å². The number of nitrogen functional groups attached to an aromatic ring is 1. The number of halogens is 4. The molecule has 2 N–H and O–H groups in total. The molecule has 10 heteroatoms. The van der Waals surface area contributed by atoms with E-state index < -0.39 is 11.7 Å². The van der Waals surface area contributed by atoms with Crippen molar-refractivity contribution in [1.82, 2.24) is 24.7 Å². The van der Waals surface area contributed by atoms with Gasteiger partial charge in [0, 0.05) is 23.0 Å². The van der Waals surface area contributed by atoms with Crippen LogP contribution in [-0.4, -0.2) is 24.7 Å². The van der Waals surface area contributed by atoms with E-state index in [1.165, 1.54) is 12.4 Å². The fraction of sp³-hybridized carbons (Fsp3) is 0.100. The summed E-state index contributed by atoms with van der Waals surface area (Å²) in [6, 6.07) is 9.44. The van der Waals surface area contributed by atoms with Gasteiger partial charge in [-0.05, 0) is 29.8 Å². The number of nitrogens with two attached hydrogens (primary N) is 1. The Kier molecular flexibility index (Phi) is 5.13. The average Bonchev–Trinajstić information content (AvgIpc) is 3.17. The molecule has 152 valence electrons. The van der Waals surface area contributed by atoms with Crippen molar-refractivity contribution in [2.45, 2.75) is 12.7 Å². The van der Waals surface area contributed by atoms with E-state index in [0.717, 1.165) is 17.8 Å². The Balaban J connectivity index is 1.63. The maximum absolute atomic E-state index is 12.7. The first-order valence-corrected chi connectivity index (χ1v) is 9.10. The molecule has 0 saturated carbocycles. The third kappa shape index (κ3) is 4.11. The number of aromatic nitrogens is 5. The summed E-state index contributed by atoms with van der Waals surface area (Å²) in [6.07, 6.45) is 1.07. The number of alkyl halides is 3. The van der Waals surface area contributed by atoms with Gasteiger partial charge in [0.25, 0.3) is 0 Å². The van der Waals surface area contributed by atoms with Crippen molar-refractivity contribution >= 4 is 17.4 Å². The molecule has 0 aliphatic rings. The Bertz CT molecular complexity index is 1170. The standard InChI is InChI=1S/C20H14ClF3N6/c21-15-4-1-12(2-5-15)17-18(27-11-28-19(17)25)13-7-29-30(9-13)10-16-6-3-14(8-26-16)20(22,23)24/h1-9,11H,10H2,(H2,25,27,28). The van der Waals surface area contributed by atoms with Crippen LogP contribution in [0.3, 0.4) is 0 Å². The van der Waals surface area contributed by atoms with Crippen molar-refractivity contribution in [3.8, 4) is 22.4 Å². The Morgan fingerprint density at radius 3 is 2.37 bits per heavy atom. The first-order chi connectivity index (χ1) is 14.3. The zero-order valence-electron chi connectivity index (χ0n) is 15.3. The van der Waals surface area contributed by atoms with Gasteiger partial charge in [-0.2, -0.15) is 18.3 Å². The lowest BCUT2D eigenvalue weighted by atomic mass is 10.0. The van der Waals surface area contributed by atoms with Gasteiger partial charge in [-0.3, -0.25) is 9.67 Å². The van der Waals surface area contributed by atoms with Crippen molar-refractivity contribution in [2.24, 2.45) is 0 Å². The zero-order valence-corrected chi connectivity index (χ0v) is 16.1. The predicted octanol–water partition coefficient (Wildman–Crippen LogP) is 4.70. The fourth-order valence-corrected chi connectivity index (χ4v) is 3.07. The first kappa shape index (κ1) is 19.8. The summed E-state index contributed by atoms with van der Waals surface area (Å²) in [7, 11) is 0. The number of hydrogen-bond donors (Lipinski definition) is 1. The van der Waals surface area contributed by atoms with Crippen LogP contribution in [-0.2, 0) is 12.7 Å². The molecule has 4 rings (SSSR count). The molecular formula is C20H14ClF3N6. The van der Waals surface area contributed by atoms with Gasteiger partial charge in [0.1, 0.15) is 12.1 Å². The summed E-state index contributed by atoms with van der Waals surface area (Å²) in [6.45, 7) is 0.203. The van der Waals surface area contributed by atoms with Crippen LogP contribution < -0.4 is 5.73 Å². The van der Waals surface area contributed by atoms with Gasteiger partial charge in [0.15, 0.2) is 0 Å². The van der Waals surface area contributed by atoms with E-state index >= 15 is 0 Å². The fourth-order valence-electron chi connectivity index (χ4n) is 2.94. The smallest absolute Gasteiger partial charge is 0.383 e. The van der Waals surface area contributed by atoms with Crippen molar-refractivity contribution in [1.29, 1.82) is 0 Å². The molecule has 6 nitrogen and oxygen atoms in total. The molecule has 1 aromatic carbocycles. The van der Waals surface area contributed by atoms with Crippen LogP contribution >= 0.6 is 11.6 Å². The normalized spacial score (nSPS) is 11.6. The zero-order chi connectivity index (χ0) is 21.3. The summed E-state index contributed by atoms with van der Waals surface area (Å²) in [5, 5.41) is 4.86. The van der Waals surface area contributed by atoms with Gasteiger partial charge in [-0.15, -0.1) is 0 Å². The number of pyridine rings is 1. The molecule has 0 aliphatic heterocycles. The molecule has 0 saturated heterocycles.